The van der Waals surface area contributed by atoms with E-state index in [0.29, 0.717) is 24.1 Å². The molecule has 0 atom stereocenters. The van der Waals surface area contributed by atoms with E-state index in [1.54, 1.807) is 0 Å². The molecule has 1 aliphatic rings. The first-order valence-electron chi connectivity index (χ1n) is 9.07. The molecule has 5 heteroatoms. The standard InChI is InChI=1S/C20H24N4O/c1-2-14-7-6-8-15(11-14)12-18-23-19(17(13-21)20(25)24-18)22-16-9-4-3-5-10-16/h6-8,11,16H,2-5,9-10,12H2,1H3,(H2,22,23,24,25). The molecule has 1 saturated carbocycles. The van der Waals surface area contributed by atoms with Crippen molar-refractivity contribution in [3.05, 3.63) is 57.1 Å². The van der Waals surface area contributed by atoms with Crippen molar-refractivity contribution in [2.45, 2.75) is 57.9 Å². The van der Waals surface area contributed by atoms with E-state index in [2.05, 4.69) is 34.3 Å². The number of benzene rings is 1. The van der Waals surface area contributed by atoms with Gasteiger partial charge in [-0.15, -0.1) is 0 Å². The van der Waals surface area contributed by atoms with Gasteiger partial charge in [-0.2, -0.15) is 5.26 Å². The van der Waals surface area contributed by atoms with Crippen LogP contribution in [0.2, 0.25) is 0 Å². The zero-order chi connectivity index (χ0) is 17.6. The fourth-order valence-electron chi connectivity index (χ4n) is 3.40. The second-order valence-electron chi connectivity index (χ2n) is 6.68. The zero-order valence-corrected chi connectivity index (χ0v) is 14.6. The number of anilines is 1. The Hall–Kier alpha value is -2.61. The zero-order valence-electron chi connectivity index (χ0n) is 14.6. The lowest BCUT2D eigenvalue weighted by Gasteiger charge is -2.23. The van der Waals surface area contributed by atoms with Crippen LogP contribution in [0.15, 0.2) is 29.1 Å². The topological polar surface area (TPSA) is 81.6 Å². The Morgan fingerprint density at radius 1 is 1.28 bits per heavy atom. The normalized spacial score (nSPS) is 14.9. The van der Waals surface area contributed by atoms with Gasteiger partial charge in [0.2, 0.25) is 0 Å². The van der Waals surface area contributed by atoms with Crippen molar-refractivity contribution in [3.8, 4) is 6.07 Å². The summed E-state index contributed by atoms with van der Waals surface area (Å²) in [4.78, 5) is 19.6. The van der Waals surface area contributed by atoms with E-state index in [1.807, 2.05) is 18.2 Å². The van der Waals surface area contributed by atoms with Gasteiger partial charge in [0.05, 0.1) is 0 Å². The third-order valence-corrected chi connectivity index (χ3v) is 4.80. The van der Waals surface area contributed by atoms with Gasteiger partial charge in [-0.05, 0) is 30.4 Å². The molecule has 3 rings (SSSR count). The summed E-state index contributed by atoms with van der Waals surface area (Å²) in [5, 5.41) is 12.7. The van der Waals surface area contributed by atoms with Gasteiger partial charge in [-0.25, -0.2) is 4.98 Å². The van der Waals surface area contributed by atoms with Gasteiger partial charge in [0, 0.05) is 12.5 Å². The van der Waals surface area contributed by atoms with Crippen LogP contribution in [-0.2, 0) is 12.8 Å². The van der Waals surface area contributed by atoms with Crippen molar-refractivity contribution in [2.24, 2.45) is 0 Å². The minimum Gasteiger partial charge on any atom is -0.366 e. The number of nitriles is 1. The first kappa shape index (κ1) is 17.2. The first-order chi connectivity index (χ1) is 12.2. The number of H-pyrrole nitrogens is 1. The minimum absolute atomic E-state index is 0.0802. The molecule has 0 radical (unpaired) electrons. The molecular formula is C20H24N4O. The summed E-state index contributed by atoms with van der Waals surface area (Å²) in [5.41, 5.74) is 2.08. The van der Waals surface area contributed by atoms with Crippen LogP contribution in [0, 0.1) is 11.3 Å². The third-order valence-electron chi connectivity index (χ3n) is 4.80. The van der Waals surface area contributed by atoms with Crippen LogP contribution in [0.25, 0.3) is 0 Å². The van der Waals surface area contributed by atoms with Crippen molar-refractivity contribution in [3.63, 3.8) is 0 Å². The first-order valence-corrected chi connectivity index (χ1v) is 9.07. The summed E-state index contributed by atoms with van der Waals surface area (Å²) >= 11 is 0. The molecule has 5 nitrogen and oxygen atoms in total. The van der Waals surface area contributed by atoms with Crippen molar-refractivity contribution < 1.29 is 0 Å². The highest BCUT2D eigenvalue weighted by molar-refractivity contribution is 5.51. The van der Waals surface area contributed by atoms with Crippen molar-refractivity contribution in [1.29, 1.82) is 5.26 Å². The fraction of sp³-hybridized carbons (Fsp3) is 0.450. The maximum atomic E-state index is 12.3. The number of aryl methyl sites for hydroxylation is 1. The fourth-order valence-corrected chi connectivity index (χ4v) is 3.40. The molecular weight excluding hydrogens is 312 g/mol. The maximum Gasteiger partial charge on any atom is 0.271 e. The highest BCUT2D eigenvalue weighted by atomic mass is 16.1. The number of rotatable bonds is 5. The summed E-state index contributed by atoms with van der Waals surface area (Å²) in [6, 6.07) is 10.6. The summed E-state index contributed by atoms with van der Waals surface area (Å²) < 4.78 is 0. The predicted molar refractivity (Wildman–Crippen MR) is 98.7 cm³/mol. The molecule has 0 saturated heterocycles. The number of aromatic amines is 1. The Balaban J connectivity index is 1.87. The summed E-state index contributed by atoms with van der Waals surface area (Å²) in [7, 11) is 0. The van der Waals surface area contributed by atoms with Crippen LogP contribution < -0.4 is 10.9 Å². The van der Waals surface area contributed by atoms with Gasteiger partial charge in [-0.3, -0.25) is 4.79 Å². The van der Waals surface area contributed by atoms with Gasteiger partial charge in [-0.1, -0.05) is 50.5 Å². The number of hydrogen-bond acceptors (Lipinski definition) is 4. The Labute approximate surface area is 148 Å². The molecule has 1 aromatic heterocycles. The van der Waals surface area contributed by atoms with E-state index in [-0.39, 0.29) is 11.1 Å². The molecule has 1 aliphatic carbocycles. The minimum atomic E-state index is -0.363. The van der Waals surface area contributed by atoms with E-state index < -0.39 is 0 Å². The predicted octanol–water partition coefficient (Wildman–Crippen LogP) is 3.54. The molecule has 130 valence electrons. The monoisotopic (exact) mass is 336 g/mol. The van der Waals surface area contributed by atoms with Crippen LogP contribution in [0.3, 0.4) is 0 Å². The summed E-state index contributed by atoms with van der Waals surface area (Å²) in [6.45, 7) is 2.12. The molecule has 0 amide bonds. The van der Waals surface area contributed by atoms with E-state index in [9.17, 15) is 10.1 Å². The van der Waals surface area contributed by atoms with E-state index >= 15 is 0 Å². The Morgan fingerprint density at radius 2 is 2.04 bits per heavy atom. The number of aromatic nitrogens is 2. The second-order valence-corrected chi connectivity index (χ2v) is 6.68. The van der Waals surface area contributed by atoms with Crippen LogP contribution in [0.5, 0.6) is 0 Å². The highest BCUT2D eigenvalue weighted by Gasteiger charge is 2.18. The van der Waals surface area contributed by atoms with E-state index in [1.165, 1.54) is 24.8 Å². The molecule has 1 fully saturated rings. The lowest BCUT2D eigenvalue weighted by atomic mass is 9.95. The molecule has 0 aliphatic heterocycles. The van der Waals surface area contributed by atoms with E-state index in [4.69, 9.17) is 0 Å². The summed E-state index contributed by atoms with van der Waals surface area (Å²) in [6.07, 6.45) is 7.26. The van der Waals surface area contributed by atoms with Crippen molar-refractivity contribution >= 4 is 5.82 Å². The smallest absolute Gasteiger partial charge is 0.271 e. The SMILES string of the molecule is CCc1cccc(Cc2nc(NC3CCCCC3)c(C#N)c(=O)[nH]2)c1. The second kappa shape index (κ2) is 7.98. The van der Waals surface area contributed by atoms with Crippen molar-refractivity contribution in [1.82, 2.24) is 9.97 Å². The van der Waals surface area contributed by atoms with Crippen LogP contribution >= 0.6 is 0 Å². The molecule has 1 heterocycles. The lowest BCUT2D eigenvalue weighted by Crippen LogP contribution is -2.26. The van der Waals surface area contributed by atoms with Crippen LogP contribution in [0.1, 0.15) is 61.5 Å². The molecule has 1 aromatic carbocycles. The molecule has 0 spiro atoms. The Bertz CT molecular complexity index is 828. The third kappa shape index (κ3) is 4.27. The molecule has 25 heavy (non-hydrogen) atoms. The molecule has 0 bridgehead atoms. The summed E-state index contributed by atoms with van der Waals surface area (Å²) in [5.74, 6) is 1.02. The molecule has 2 aromatic rings. The average molecular weight is 336 g/mol. The van der Waals surface area contributed by atoms with Gasteiger partial charge < -0.3 is 10.3 Å². The van der Waals surface area contributed by atoms with E-state index in [0.717, 1.165) is 24.8 Å². The average Bonchev–Trinajstić information content (AvgIpc) is 2.62. The Morgan fingerprint density at radius 3 is 2.76 bits per heavy atom. The molecule has 0 unspecified atom stereocenters. The quantitative estimate of drug-likeness (QED) is 0.875. The molecule has 2 N–H and O–H groups in total. The van der Waals surface area contributed by atoms with Crippen LogP contribution in [-0.4, -0.2) is 16.0 Å². The van der Waals surface area contributed by atoms with Gasteiger partial charge in [0.1, 0.15) is 11.9 Å². The van der Waals surface area contributed by atoms with Gasteiger partial charge in [0.15, 0.2) is 11.4 Å². The van der Waals surface area contributed by atoms with Gasteiger partial charge >= 0.3 is 0 Å². The van der Waals surface area contributed by atoms with Crippen LogP contribution in [0.4, 0.5) is 5.82 Å². The number of nitrogens with zero attached hydrogens (tertiary/aromatic N) is 2. The van der Waals surface area contributed by atoms with Crippen molar-refractivity contribution in [2.75, 3.05) is 5.32 Å². The highest BCUT2D eigenvalue weighted by Crippen LogP contribution is 2.22. The Kier molecular flexibility index (Phi) is 5.49. The van der Waals surface area contributed by atoms with Gasteiger partial charge in [0.25, 0.3) is 5.56 Å². The number of nitrogens with one attached hydrogen (secondary N) is 2. The largest absolute Gasteiger partial charge is 0.366 e. The lowest BCUT2D eigenvalue weighted by molar-refractivity contribution is 0.461. The maximum absolute atomic E-state index is 12.3. The number of hydrogen-bond donors (Lipinski definition) is 2.